The summed E-state index contributed by atoms with van der Waals surface area (Å²) in [6.45, 7) is 0. The van der Waals surface area contributed by atoms with Gasteiger partial charge >= 0.3 is 0 Å². The largest absolute Gasteiger partial charge is 0.208 e. The average Bonchev–Trinajstić information content (AvgIpc) is 3.33. The fourth-order valence-electron chi connectivity index (χ4n) is 7.84. The predicted molar refractivity (Wildman–Crippen MR) is 235 cm³/mol. The fraction of sp³-hybridized carbons (Fsp3) is 0. The number of rotatable bonds is 5. The van der Waals surface area contributed by atoms with Crippen molar-refractivity contribution in [3.05, 3.63) is 200 Å². The molecule has 56 heavy (non-hydrogen) atoms. The second kappa shape index (κ2) is 13.1. The van der Waals surface area contributed by atoms with Crippen LogP contribution in [-0.2, 0) is 0 Å². The fourth-order valence-corrected chi connectivity index (χ4v) is 7.84. The van der Waals surface area contributed by atoms with E-state index in [1.54, 1.807) is 18.2 Å². The average molecular weight is 719 g/mol. The van der Waals surface area contributed by atoms with Crippen LogP contribution in [0.2, 0.25) is 0 Å². The zero-order chi connectivity index (χ0) is 43.1. The number of aromatic nitrogens is 3. The van der Waals surface area contributed by atoms with E-state index in [-0.39, 0.29) is 28.4 Å². The molecule has 0 atom stereocenters. The van der Waals surface area contributed by atoms with Crippen molar-refractivity contribution in [3.63, 3.8) is 0 Å². The lowest BCUT2D eigenvalue weighted by Crippen LogP contribution is -2.01. The molecule has 0 amide bonds. The van der Waals surface area contributed by atoms with Gasteiger partial charge in [0.2, 0.25) is 0 Å². The van der Waals surface area contributed by atoms with Gasteiger partial charge in [-0.2, -0.15) is 0 Å². The number of fused-ring (bicyclic) bond motifs is 7. The van der Waals surface area contributed by atoms with Crippen LogP contribution in [0.5, 0.6) is 0 Å². The van der Waals surface area contributed by atoms with E-state index in [4.69, 9.17) is 24.5 Å². The van der Waals surface area contributed by atoms with E-state index in [1.807, 2.05) is 48.5 Å². The molecule has 0 radical (unpaired) electrons. The molecule has 0 aliphatic heterocycles. The Bertz CT molecular complexity index is 3720. The molecule has 0 spiro atoms. The van der Waals surface area contributed by atoms with Crippen molar-refractivity contribution in [3.8, 4) is 56.4 Å². The minimum atomic E-state index is -0.497. The van der Waals surface area contributed by atoms with E-state index in [9.17, 15) is 0 Å². The van der Waals surface area contributed by atoms with Crippen LogP contribution in [0.15, 0.2) is 200 Å². The van der Waals surface area contributed by atoms with E-state index in [0.29, 0.717) is 28.6 Å². The zero-order valence-electron chi connectivity index (χ0n) is 36.9. The molecule has 11 aromatic rings. The predicted octanol–water partition coefficient (Wildman–Crippen LogP) is 14.0. The highest BCUT2D eigenvalue weighted by Gasteiger charge is 2.17. The Kier molecular flexibility index (Phi) is 5.98. The van der Waals surface area contributed by atoms with Crippen LogP contribution in [0.1, 0.15) is 9.60 Å². The summed E-state index contributed by atoms with van der Waals surface area (Å²) >= 11 is 0. The smallest absolute Gasteiger partial charge is 0.164 e. The normalized spacial score (nSPS) is 13.3. The Labute approximate surface area is 334 Å². The van der Waals surface area contributed by atoms with Crippen molar-refractivity contribution < 1.29 is 9.60 Å². The van der Waals surface area contributed by atoms with Gasteiger partial charge in [-0.25, -0.2) is 15.0 Å². The minimum absolute atomic E-state index is 0.0171. The first kappa shape index (κ1) is 25.5. The van der Waals surface area contributed by atoms with Gasteiger partial charge in [-0.3, -0.25) is 0 Å². The molecule has 0 bridgehead atoms. The summed E-state index contributed by atoms with van der Waals surface area (Å²) < 4.78 is 60.6. The molecule has 0 saturated carbocycles. The van der Waals surface area contributed by atoms with Crippen LogP contribution in [-0.4, -0.2) is 15.0 Å². The maximum Gasteiger partial charge on any atom is 0.164 e. The van der Waals surface area contributed by atoms with Gasteiger partial charge < -0.3 is 0 Å². The SMILES string of the molecule is [2H]c1c([2H])c([2H])c2c(-c3cccc(-c4nc(-c5ccc6cc(-c7ccccc7)ccc6c5)nc(-c5cccc6c5ccc5c7ccccc7ccc65)n4)c3)c([2H])c([2H])c([2H])c2c1[2H]. The standard InChI is InChI=1S/C53H33N3/c1-2-11-34(12-3-1)37-23-24-39-32-42(26-25-38(39)31-37)52-54-51(41-17-8-16-40(33-41)45-20-9-15-35-13-4-6-18-43(35)45)55-53(56-52)50-22-10-21-46-48-28-27-36-14-5-7-19-44(36)47(48)29-30-49(46)50/h1-33H/i4D,6D,9D,13D,15D,18D,20D. The molecule has 1 aromatic heterocycles. The molecular weight excluding hydrogens is 679 g/mol. The maximum atomic E-state index is 9.02. The van der Waals surface area contributed by atoms with Crippen molar-refractivity contribution in [2.75, 3.05) is 0 Å². The van der Waals surface area contributed by atoms with Gasteiger partial charge in [0.1, 0.15) is 0 Å². The molecule has 10 aromatic carbocycles. The summed E-state index contributed by atoms with van der Waals surface area (Å²) in [6.07, 6.45) is 0. The van der Waals surface area contributed by atoms with Gasteiger partial charge in [-0.1, -0.05) is 182 Å². The van der Waals surface area contributed by atoms with E-state index in [0.717, 1.165) is 54.6 Å². The first-order chi connectivity index (χ1) is 30.6. The molecule has 0 aliphatic carbocycles. The van der Waals surface area contributed by atoms with Crippen molar-refractivity contribution in [1.29, 1.82) is 0 Å². The van der Waals surface area contributed by atoms with E-state index in [1.165, 1.54) is 10.8 Å². The Balaban J connectivity index is 1.13. The van der Waals surface area contributed by atoms with Gasteiger partial charge in [-0.05, 0) is 94.3 Å². The lowest BCUT2D eigenvalue weighted by molar-refractivity contribution is 1.08. The Hall–Kier alpha value is -7.49. The highest BCUT2D eigenvalue weighted by atomic mass is 15.0. The van der Waals surface area contributed by atoms with E-state index < -0.39 is 30.2 Å². The zero-order valence-corrected chi connectivity index (χ0v) is 29.9. The van der Waals surface area contributed by atoms with Crippen molar-refractivity contribution in [2.45, 2.75) is 0 Å². The van der Waals surface area contributed by atoms with Gasteiger partial charge in [0.05, 0.1) is 9.60 Å². The Morgan fingerprint density at radius 1 is 0.286 bits per heavy atom. The van der Waals surface area contributed by atoms with Crippen LogP contribution in [0.4, 0.5) is 0 Å². The van der Waals surface area contributed by atoms with Crippen LogP contribution in [0.25, 0.3) is 110 Å². The topological polar surface area (TPSA) is 38.7 Å². The highest BCUT2D eigenvalue weighted by molar-refractivity contribution is 6.19. The maximum absolute atomic E-state index is 9.02. The summed E-state index contributed by atoms with van der Waals surface area (Å²) in [7, 11) is 0. The van der Waals surface area contributed by atoms with Crippen molar-refractivity contribution in [1.82, 2.24) is 15.0 Å². The molecule has 3 heteroatoms. The molecule has 11 rings (SSSR count). The summed E-state index contributed by atoms with van der Waals surface area (Å²) in [6, 6.07) is 50.2. The highest BCUT2D eigenvalue weighted by Crippen LogP contribution is 2.37. The molecular formula is C53H33N3. The summed E-state index contributed by atoms with van der Waals surface area (Å²) in [5.41, 5.74) is 4.98. The number of hydrogen-bond acceptors (Lipinski definition) is 3. The molecule has 0 unspecified atom stereocenters. The lowest BCUT2D eigenvalue weighted by atomic mass is 9.95. The molecule has 260 valence electrons. The third kappa shape index (κ3) is 5.49. The quantitative estimate of drug-likeness (QED) is 0.166. The van der Waals surface area contributed by atoms with Crippen LogP contribution >= 0.6 is 0 Å². The monoisotopic (exact) mass is 718 g/mol. The molecule has 0 N–H and O–H groups in total. The lowest BCUT2D eigenvalue weighted by Gasteiger charge is -2.13. The van der Waals surface area contributed by atoms with Gasteiger partial charge in [-0.15, -0.1) is 0 Å². The molecule has 0 saturated heterocycles. The number of hydrogen-bond donors (Lipinski definition) is 0. The Morgan fingerprint density at radius 2 is 0.875 bits per heavy atom. The molecule has 0 aliphatic rings. The summed E-state index contributed by atoms with van der Waals surface area (Å²) in [5, 5.41) is 8.65. The summed E-state index contributed by atoms with van der Waals surface area (Å²) in [4.78, 5) is 15.4. The summed E-state index contributed by atoms with van der Waals surface area (Å²) in [5.74, 6) is 1.26. The number of nitrogens with zero attached hydrogens (tertiary/aromatic N) is 3. The minimum Gasteiger partial charge on any atom is -0.208 e. The van der Waals surface area contributed by atoms with E-state index in [2.05, 4.69) is 91.0 Å². The molecule has 1 heterocycles. The van der Waals surface area contributed by atoms with Crippen molar-refractivity contribution in [2.24, 2.45) is 0 Å². The van der Waals surface area contributed by atoms with Crippen molar-refractivity contribution >= 4 is 53.9 Å². The third-order valence-electron chi connectivity index (χ3n) is 10.6. The van der Waals surface area contributed by atoms with Gasteiger partial charge in [0.25, 0.3) is 0 Å². The second-order valence-corrected chi connectivity index (χ2v) is 13.9. The van der Waals surface area contributed by atoms with Crippen LogP contribution < -0.4 is 0 Å². The van der Waals surface area contributed by atoms with Crippen LogP contribution in [0.3, 0.4) is 0 Å². The second-order valence-electron chi connectivity index (χ2n) is 13.9. The first-order valence-electron chi connectivity index (χ1n) is 21.9. The third-order valence-corrected chi connectivity index (χ3v) is 10.6. The van der Waals surface area contributed by atoms with Gasteiger partial charge in [0.15, 0.2) is 17.5 Å². The van der Waals surface area contributed by atoms with E-state index >= 15 is 0 Å². The molecule has 3 nitrogen and oxygen atoms in total. The van der Waals surface area contributed by atoms with Gasteiger partial charge in [0, 0.05) is 16.7 Å². The Morgan fingerprint density at radius 3 is 1.77 bits per heavy atom. The first-order valence-corrected chi connectivity index (χ1v) is 18.4. The number of benzene rings is 10. The molecule has 0 fully saturated rings. The van der Waals surface area contributed by atoms with Crippen LogP contribution in [0, 0.1) is 0 Å².